The lowest BCUT2D eigenvalue weighted by molar-refractivity contribution is 0.103. The lowest BCUT2D eigenvalue weighted by Crippen LogP contribution is -2.13. The van der Waals surface area contributed by atoms with Crippen molar-refractivity contribution in [2.45, 2.75) is 13.8 Å². The average Bonchev–Trinajstić information content (AvgIpc) is 2.87. The van der Waals surface area contributed by atoms with Gasteiger partial charge in [0.2, 0.25) is 5.56 Å². The van der Waals surface area contributed by atoms with Crippen molar-refractivity contribution in [2.24, 2.45) is 0 Å². The Morgan fingerprint density at radius 2 is 2.00 bits per heavy atom. The number of H-pyrrole nitrogens is 1. The maximum absolute atomic E-state index is 12.7. The molecule has 2 aromatic heterocycles. The molecule has 0 fully saturated rings. The first-order chi connectivity index (χ1) is 11.8. The highest BCUT2D eigenvalue weighted by molar-refractivity contribution is 7.21. The second-order valence-corrected chi connectivity index (χ2v) is 7.05. The van der Waals surface area contributed by atoms with Crippen LogP contribution in [0.3, 0.4) is 0 Å². The van der Waals surface area contributed by atoms with E-state index >= 15 is 0 Å². The molecule has 3 rings (SSSR count). The van der Waals surface area contributed by atoms with Crippen LogP contribution in [0.4, 0.5) is 11.4 Å². The smallest absolute Gasteiger partial charge is 0.268 e. The van der Waals surface area contributed by atoms with Gasteiger partial charge in [-0.1, -0.05) is 11.6 Å². The predicted octanol–water partition coefficient (Wildman–Crippen LogP) is 3.70. The fourth-order valence-corrected chi connectivity index (χ4v) is 3.86. The van der Waals surface area contributed by atoms with Crippen molar-refractivity contribution < 1.29 is 9.53 Å². The molecule has 0 bridgehead atoms. The molecule has 3 aromatic rings. The number of anilines is 2. The molecular weight excluding hydrogens is 362 g/mol. The number of amides is 1. The zero-order valence-corrected chi connectivity index (χ0v) is 15.4. The third kappa shape index (κ3) is 3.08. The SMILES string of the molecule is COc1cc(Cl)c(C)cc1NC(=O)c1sc2[nH]c(=O)cc(C)c2c1N. The first-order valence-corrected chi connectivity index (χ1v) is 8.58. The second kappa shape index (κ2) is 6.42. The number of aromatic nitrogens is 1. The highest BCUT2D eigenvalue weighted by atomic mass is 35.5. The van der Waals surface area contributed by atoms with Gasteiger partial charge in [0.05, 0.1) is 18.5 Å². The number of carbonyl (C=O) groups is 1. The van der Waals surface area contributed by atoms with Crippen LogP contribution in [0.25, 0.3) is 10.2 Å². The van der Waals surface area contributed by atoms with E-state index in [2.05, 4.69) is 10.3 Å². The summed E-state index contributed by atoms with van der Waals surface area (Å²) in [7, 11) is 1.50. The van der Waals surface area contributed by atoms with Crippen molar-refractivity contribution in [3.63, 3.8) is 0 Å². The molecule has 0 aliphatic carbocycles. The van der Waals surface area contributed by atoms with Gasteiger partial charge in [-0.3, -0.25) is 9.59 Å². The number of rotatable bonds is 3. The lowest BCUT2D eigenvalue weighted by atomic mass is 10.1. The molecule has 2 heterocycles. The van der Waals surface area contributed by atoms with Crippen LogP contribution in [0.2, 0.25) is 5.02 Å². The van der Waals surface area contributed by atoms with Gasteiger partial charge in [0.25, 0.3) is 5.91 Å². The van der Waals surface area contributed by atoms with E-state index in [1.165, 1.54) is 13.2 Å². The summed E-state index contributed by atoms with van der Waals surface area (Å²) in [5.74, 6) is 0.0761. The Kier molecular flexibility index (Phi) is 4.45. The molecule has 0 saturated carbocycles. The number of pyridine rings is 1. The lowest BCUT2D eigenvalue weighted by Gasteiger charge is -2.12. The molecular formula is C17H16ClN3O3S. The van der Waals surface area contributed by atoms with E-state index in [9.17, 15) is 9.59 Å². The summed E-state index contributed by atoms with van der Waals surface area (Å²) in [6.45, 7) is 3.62. The molecule has 130 valence electrons. The fourth-order valence-electron chi connectivity index (χ4n) is 2.62. The number of carbonyl (C=O) groups excluding carboxylic acids is 1. The average molecular weight is 378 g/mol. The zero-order valence-electron chi connectivity index (χ0n) is 13.8. The Morgan fingerprint density at radius 1 is 1.28 bits per heavy atom. The Morgan fingerprint density at radius 3 is 2.68 bits per heavy atom. The number of thiophene rings is 1. The van der Waals surface area contributed by atoms with Crippen molar-refractivity contribution in [3.05, 3.63) is 49.6 Å². The minimum Gasteiger partial charge on any atom is -0.495 e. The monoisotopic (exact) mass is 377 g/mol. The number of ether oxygens (including phenoxy) is 1. The number of nitrogen functional groups attached to an aromatic ring is 1. The van der Waals surface area contributed by atoms with Crippen molar-refractivity contribution in [1.29, 1.82) is 0 Å². The van der Waals surface area contributed by atoms with E-state index in [1.54, 1.807) is 19.1 Å². The molecule has 1 amide bonds. The quantitative estimate of drug-likeness (QED) is 0.648. The minimum absolute atomic E-state index is 0.229. The largest absolute Gasteiger partial charge is 0.495 e. The molecule has 0 atom stereocenters. The van der Waals surface area contributed by atoms with Crippen LogP contribution in [-0.2, 0) is 0 Å². The number of methoxy groups -OCH3 is 1. The molecule has 8 heteroatoms. The summed E-state index contributed by atoms with van der Waals surface area (Å²) in [5.41, 5.74) is 8.29. The number of benzene rings is 1. The first-order valence-electron chi connectivity index (χ1n) is 7.39. The van der Waals surface area contributed by atoms with Gasteiger partial charge in [0.1, 0.15) is 15.5 Å². The van der Waals surface area contributed by atoms with Gasteiger partial charge in [-0.25, -0.2) is 0 Å². The van der Waals surface area contributed by atoms with Crippen molar-refractivity contribution in [3.8, 4) is 5.75 Å². The van der Waals surface area contributed by atoms with Crippen molar-refractivity contribution >= 4 is 50.4 Å². The van der Waals surface area contributed by atoms with Gasteiger partial charge in [0, 0.05) is 22.5 Å². The maximum atomic E-state index is 12.7. The van der Waals surface area contributed by atoms with Crippen LogP contribution < -0.4 is 21.3 Å². The number of aryl methyl sites for hydroxylation is 2. The van der Waals surface area contributed by atoms with Crippen molar-refractivity contribution in [2.75, 3.05) is 18.2 Å². The van der Waals surface area contributed by atoms with Gasteiger partial charge in [-0.05, 0) is 31.0 Å². The number of nitrogens with two attached hydrogens (primary N) is 1. The molecule has 0 aliphatic rings. The van der Waals surface area contributed by atoms with E-state index in [1.807, 2.05) is 6.92 Å². The highest BCUT2D eigenvalue weighted by Gasteiger charge is 2.20. The topological polar surface area (TPSA) is 97.2 Å². The normalized spacial score (nSPS) is 10.9. The van der Waals surface area contributed by atoms with E-state index in [0.717, 1.165) is 22.5 Å². The van der Waals surface area contributed by atoms with Crippen LogP contribution in [-0.4, -0.2) is 18.0 Å². The summed E-state index contributed by atoms with van der Waals surface area (Å²) >= 11 is 7.23. The van der Waals surface area contributed by atoms with Gasteiger partial charge in [-0.15, -0.1) is 11.3 Å². The molecule has 1 aromatic carbocycles. The molecule has 25 heavy (non-hydrogen) atoms. The first kappa shape index (κ1) is 17.3. The van der Waals surface area contributed by atoms with Crippen LogP contribution >= 0.6 is 22.9 Å². The van der Waals surface area contributed by atoms with Crippen molar-refractivity contribution in [1.82, 2.24) is 4.98 Å². The standard InChI is InChI=1S/C17H16ClN3O3S/c1-7-4-10(11(24-3)6-9(7)18)20-16(23)15-14(19)13-8(2)5-12(22)21-17(13)25-15/h4-6H,19H2,1-3H3,(H,20,23)(H,21,22). The predicted molar refractivity (Wildman–Crippen MR) is 102 cm³/mol. The van der Waals surface area contributed by atoms with Gasteiger partial charge in [0.15, 0.2) is 0 Å². The van der Waals surface area contributed by atoms with E-state index < -0.39 is 0 Å². The highest BCUT2D eigenvalue weighted by Crippen LogP contribution is 2.36. The Balaban J connectivity index is 2.04. The van der Waals surface area contributed by atoms with E-state index in [-0.39, 0.29) is 11.5 Å². The van der Waals surface area contributed by atoms with Crippen LogP contribution in [0.5, 0.6) is 5.75 Å². The van der Waals surface area contributed by atoms with Crippen LogP contribution in [0.15, 0.2) is 23.0 Å². The van der Waals surface area contributed by atoms with Gasteiger partial charge in [-0.2, -0.15) is 0 Å². The molecule has 0 saturated heterocycles. The molecule has 0 unspecified atom stereocenters. The summed E-state index contributed by atoms with van der Waals surface area (Å²) in [4.78, 5) is 27.9. The summed E-state index contributed by atoms with van der Waals surface area (Å²) < 4.78 is 5.27. The Hall–Kier alpha value is -2.51. The molecule has 6 nitrogen and oxygen atoms in total. The summed E-state index contributed by atoms with van der Waals surface area (Å²) in [6.07, 6.45) is 0. The number of fused-ring (bicyclic) bond motifs is 1. The summed E-state index contributed by atoms with van der Waals surface area (Å²) in [5, 5.41) is 4.03. The van der Waals surface area contributed by atoms with Gasteiger partial charge >= 0.3 is 0 Å². The number of nitrogens with one attached hydrogen (secondary N) is 2. The molecule has 0 spiro atoms. The Labute approximate surface area is 152 Å². The van der Waals surface area contributed by atoms with Gasteiger partial charge < -0.3 is 20.8 Å². The molecule has 4 N–H and O–H groups in total. The maximum Gasteiger partial charge on any atom is 0.268 e. The van der Waals surface area contributed by atoms with Crippen LogP contribution in [0.1, 0.15) is 20.8 Å². The minimum atomic E-state index is -0.376. The molecule has 0 aliphatic heterocycles. The second-order valence-electron chi connectivity index (χ2n) is 5.62. The number of aromatic amines is 1. The third-order valence-electron chi connectivity index (χ3n) is 3.86. The van der Waals surface area contributed by atoms with Crippen LogP contribution in [0, 0.1) is 13.8 Å². The number of halogens is 1. The fraction of sp³-hybridized carbons (Fsp3) is 0.176. The van der Waals surface area contributed by atoms with E-state index in [0.29, 0.717) is 37.2 Å². The van der Waals surface area contributed by atoms with E-state index in [4.69, 9.17) is 22.1 Å². The third-order valence-corrected chi connectivity index (χ3v) is 5.39. The summed E-state index contributed by atoms with van der Waals surface area (Å²) in [6, 6.07) is 4.83. The number of hydrogen-bond acceptors (Lipinski definition) is 5. The molecule has 0 radical (unpaired) electrons. The Bertz CT molecular complexity index is 1060. The number of hydrogen-bond donors (Lipinski definition) is 3. The zero-order chi connectivity index (χ0) is 18.3.